The largest absolute Gasteiger partial charge is 0.444 e. The Labute approximate surface area is 174 Å². The standard InChI is InChI=1S/C23H26BrNO3/c1-22(2,3)28-21(27)25-23(14-7-15-23)18-12-10-17(11-13-18)20(26)19(24)16-8-5-4-6-9-16/h4-6,8-13,19H,7,14-15H2,1-3H3,(H,25,27)/t19-/m0/s1. The molecule has 1 N–H and O–H groups in total. The van der Waals surface area contributed by atoms with E-state index in [2.05, 4.69) is 21.2 Å². The predicted octanol–water partition coefficient (Wildman–Crippen LogP) is 5.91. The van der Waals surface area contributed by atoms with Crippen LogP contribution in [-0.2, 0) is 10.3 Å². The minimum absolute atomic E-state index is 0.0144. The van der Waals surface area contributed by atoms with Crippen LogP contribution >= 0.6 is 15.9 Å². The van der Waals surface area contributed by atoms with Crippen LogP contribution < -0.4 is 5.32 Å². The molecular formula is C23H26BrNO3. The summed E-state index contributed by atoms with van der Waals surface area (Å²) in [4.78, 5) is 24.7. The zero-order valence-corrected chi connectivity index (χ0v) is 18.1. The van der Waals surface area contributed by atoms with Crippen LogP contribution in [0, 0.1) is 0 Å². The fraction of sp³-hybridized carbons (Fsp3) is 0.391. The molecule has 0 bridgehead atoms. The normalized spacial score (nSPS) is 16.6. The number of Topliss-reactive ketones (excluding diaryl/α,β-unsaturated/α-hetero) is 1. The van der Waals surface area contributed by atoms with Crippen molar-refractivity contribution in [2.75, 3.05) is 0 Å². The predicted molar refractivity (Wildman–Crippen MR) is 114 cm³/mol. The summed E-state index contributed by atoms with van der Waals surface area (Å²) in [5.74, 6) is 0.0144. The molecule has 1 fully saturated rings. The quantitative estimate of drug-likeness (QED) is 0.461. The van der Waals surface area contributed by atoms with Crippen LogP contribution in [0.15, 0.2) is 54.6 Å². The second-order valence-corrected chi connectivity index (χ2v) is 9.19. The second-order valence-electron chi connectivity index (χ2n) is 8.28. The molecule has 0 aromatic heterocycles. The molecule has 0 heterocycles. The smallest absolute Gasteiger partial charge is 0.408 e. The molecule has 148 valence electrons. The number of rotatable bonds is 5. The first-order valence-electron chi connectivity index (χ1n) is 9.55. The van der Waals surface area contributed by atoms with E-state index in [1.807, 2.05) is 75.4 Å². The molecule has 5 heteroatoms. The maximum absolute atomic E-state index is 12.8. The molecule has 4 nitrogen and oxygen atoms in total. The molecule has 1 amide bonds. The lowest BCUT2D eigenvalue weighted by Crippen LogP contribution is -2.52. The summed E-state index contributed by atoms with van der Waals surface area (Å²) in [6.45, 7) is 5.55. The van der Waals surface area contributed by atoms with Crippen molar-refractivity contribution in [3.05, 3.63) is 71.3 Å². The summed E-state index contributed by atoms with van der Waals surface area (Å²) in [5.41, 5.74) is 1.64. The van der Waals surface area contributed by atoms with E-state index in [1.165, 1.54) is 0 Å². The number of ketones is 1. The Morgan fingerprint density at radius 1 is 1.04 bits per heavy atom. The highest BCUT2D eigenvalue weighted by atomic mass is 79.9. The van der Waals surface area contributed by atoms with Gasteiger partial charge in [0, 0.05) is 5.56 Å². The molecule has 1 saturated carbocycles. The van der Waals surface area contributed by atoms with Gasteiger partial charge in [-0.2, -0.15) is 0 Å². The van der Waals surface area contributed by atoms with Crippen molar-refractivity contribution in [1.82, 2.24) is 5.32 Å². The number of benzene rings is 2. The van der Waals surface area contributed by atoms with E-state index in [0.717, 1.165) is 30.4 Å². The molecule has 1 aliphatic rings. The SMILES string of the molecule is CC(C)(C)OC(=O)NC1(c2ccc(C(=O)[C@@H](Br)c3ccccc3)cc2)CCC1. The van der Waals surface area contributed by atoms with Gasteiger partial charge in [0.2, 0.25) is 0 Å². The third-order valence-electron chi connectivity index (χ3n) is 4.99. The van der Waals surface area contributed by atoms with Crippen LogP contribution in [0.2, 0.25) is 0 Å². The molecular weight excluding hydrogens is 418 g/mol. The number of alkyl carbamates (subject to hydrolysis) is 1. The lowest BCUT2D eigenvalue weighted by Gasteiger charge is -2.43. The summed E-state index contributed by atoms with van der Waals surface area (Å²) in [7, 11) is 0. The Bertz CT molecular complexity index is 836. The Morgan fingerprint density at radius 3 is 2.14 bits per heavy atom. The van der Waals surface area contributed by atoms with Gasteiger partial charge in [0.25, 0.3) is 0 Å². The summed E-state index contributed by atoms with van der Waals surface area (Å²) in [6.07, 6.45) is 2.38. The number of hydrogen-bond acceptors (Lipinski definition) is 3. The van der Waals surface area contributed by atoms with E-state index in [0.29, 0.717) is 5.56 Å². The first-order valence-corrected chi connectivity index (χ1v) is 10.5. The number of nitrogens with one attached hydrogen (secondary N) is 1. The van der Waals surface area contributed by atoms with E-state index in [9.17, 15) is 9.59 Å². The Morgan fingerprint density at radius 2 is 1.64 bits per heavy atom. The zero-order chi connectivity index (χ0) is 20.4. The van der Waals surface area contributed by atoms with Crippen molar-refractivity contribution >= 4 is 27.8 Å². The number of carbonyl (C=O) groups is 2. The van der Waals surface area contributed by atoms with Crippen molar-refractivity contribution in [2.45, 2.75) is 56.0 Å². The third-order valence-corrected chi connectivity index (χ3v) is 5.94. The Kier molecular flexibility index (Phi) is 5.94. The highest BCUT2D eigenvalue weighted by Gasteiger charge is 2.41. The number of alkyl halides is 1. The number of amides is 1. The van der Waals surface area contributed by atoms with E-state index in [1.54, 1.807) is 0 Å². The molecule has 0 unspecified atom stereocenters. The molecule has 1 atom stereocenters. The van der Waals surface area contributed by atoms with Gasteiger partial charge < -0.3 is 10.1 Å². The van der Waals surface area contributed by atoms with Gasteiger partial charge in [0.05, 0.1) is 5.54 Å². The van der Waals surface area contributed by atoms with Crippen LogP contribution in [0.25, 0.3) is 0 Å². The Hall–Kier alpha value is -2.14. The molecule has 0 spiro atoms. The lowest BCUT2D eigenvalue weighted by atomic mass is 9.71. The van der Waals surface area contributed by atoms with E-state index < -0.39 is 17.2 Å². The van der Waals surface area contributed by atoms with Crippen molar-refractivity contribution in [2.24, 2.45) is 0 Å². The van der Waals surface area contributed by atoms with Gasteiger partial charge in [-0.25, -0.2) is 4.79 Å². The molecule has 28 heavy (non-hydrogen) atoms. The van der Waals surface area contributed by atoms with Crippen molar-refractivity contribution in [3.63, 3.8) is 0 Å². The summed E-state index contributed by atoms with van der Waals surface area (Å²) in [6, 6.07) is 17.2. The van der Waals surface area contributed by atoms with Gasteiger partial charge in [-0.1, -0.05) is 70.5 Å². The Balaban J connectivity index is 1.74. The van der Waals surface area contributed by atoms with Crippen LogP contribution in [0.3, 0.4) is 0 Å². The summed E-state index contributed by atoms with van der Waals surface area (Å²) < 4.78 is 5.42. The van der Waals surface area contributed by atoms with Gasteiger partial charge in [-0.05, 0) is 51.2 Å². The maximum Gasteiger partial charge on any atom is 0.408 e. The number of ether oxygens (including phenoxy) is 1. The first-order chi connectivity index (χ1) is 13.2. The highest BCUT2D eigenvalue weighted by molar-refractivity contribution is 9.09. The number of hydrogen-bond donors (Lipinski definition) is 1. The van der Waals surface area contributed by atoms with Gasteiger partial charge in [-0.15, -0.1) is 0 Å². The van der Waals surface area contributed by atoms with Gasteiger partial charge in [0.1, 0.15) is 10.4 Å². The third kappa shape index (κ3) is 4.64. The van der Waals surface area contributed by atoms with E-state index in [-0.39, 0.29) is 10.6 Å². The fourth-order valence-electron chi connectivity index (χ4n) is 3.39. The van der Waals surface area contributed by atoms with E-state index >= 15 is 0 Å². The monoisotopic (exact) mass is 443 g/mol. The fourth-order valence-corrected chi connectivity index (χ4v) is 3.96. The zero-order valence-electron chi connectivity index (χ0n) is 16.5. The number of carbonyl (C=O) groups excluding carboxylic acids is 2. The van der Waals surface area contributed by atoms with Crippen molar-refractivity contribution in [3.8, 4) is 0 Å². The minimum atomic E-state index is -0.534. The van der Waals surface area contributed by atoms with Crippen LogP contribution in [0.1, 0.15) is 66.3 Å². The average molecular weight is 444 g/mol. The lowest BCUT2D eigenvalue weighted by molar-refractivity contribution is 0.0377. The molecule has 1 aliphatic carbocycles. The van der Waals surface area contributed by atoms with Crippen LogP contribution in [0.5, 0.6) is 0 Å². The van der Waals surface area contributed by atoms with Gasteiger partial charge in [-0.3, -0.25) is 4.79 Å². The maximum atomic E-state index is 12.8. The topological polar surface area (TPSA) is 55.4 Å². The molecule has 2 aromatic carbocycles. The first kappa shape index (κ1) is 20.6. The minimum Gasteiger partial charge on any atom is -0.444 e. The second kappa shape index (κ2) is 8.08. The van der Waals surface area contributed by atoms with E-state index in [4.69, 9.17) is 4.74 Å². The van der Waals surface area contributed by atoms with Crippen LogP contribution in [0.4, 0.5) is 4.79 Å². The summed E-state index contributed by atoms with van der Waals surface area (Å²) >= 11 is 3.51. The molecule has 2 aromatic rings. The molecule has 3 rings (SSSR count). The van der Waals surface area contributed by atoms with Crippen LogP contribution in [-0.4, -0.2) is 17.5 Å². The van der Waals surface area contributed by atoms with Crippen molar-refractivity contribution < 1.29 is 14.3 Å². The molecule has 0 saturated heterocycles. The summed E-state index contributed by atoms with van der Waals surface area (Å²) in [5, 5.41) is 3.04. The molecule has 0 radical (unpaired) electrons. The number of halogens is 1. The van der Waals surface area contributed by atoms with Crippen molar-refractivity contribution in [1.29, 1.82) is 0 Å². The molecule has 0 aliphatic heterocycles. The van der Waals surface area contributed by atoms with Gasteiger partial charge >= 0.3 is 6.09 Å². The van der Waals surface area contributed by atoms with Gasteiger partial charge in [0.15, 0.2) is 5.78 Å². The highest BCUT2D eigenvalue weighted by Crippen LogP contribution is 2.41. The average Bonchev–Trinajstić information content (AvgIpc) is 2.63.